The molecule has 0 aliphatic heterocycles. The predicted octanol–water partition coefficient (Wildman–Crippen LogP) is 5.16. The molecule has 126 valence electrons. The molecule has 0 aromatic heterocycles. The minimum atomic E-state index is -0.271. The molecular weight excluding hydrogens is 394 g/mol. The number of rotatable bonds is 6. The second kappa shape index (κ2) is 8.76. The van der Waals surface area contributed by atoms with E-state index in [-0.39, 0.29) is 5.91 Å². The molecule has 4 nitrogen and oxygen atoms in total. The zero-order valence-corrected chi connectivity index (χ0v) is 15.6. The van der Waals surface area contributed by atoms with Gasteiger partial charge in [0.05, 0.1) is 24.4 Å². The van der Waals surface area contributed by atoms with Crippen LogP contribution in [0.2, 0.25) is 5.02 Å². The van der Waals surface area contributed by atoms with Gasteiger partial charge in [0.1, 0.15) is 0 Å². The van der Waals surface area contributed by atoms with Crippen molar-refractivity contribution in [1.82, 2.24) is 0 Å². The van der Waals surface area contributed by atoms with Crippen molar-refractivity contribution in [3.63, 3.8) is 0 Å². The number of hydrogen-bond acceptors (Lipinski definition) is 3. The average molecular weight is 411 g/mol. The Hall–Kier alpha value is -1.98. The van der Waals surface area contributed by atoms with Crippen LogP contribution in [0.15, 0.2) is 46.9 Å². The quantitative estimate of drug-likeness (QED) is 0.669. The number of amides is 1. The lowest BCUT2D eigenvalue weighted by Crippen LogP contribution is -2.08. The highest BCUT2D eigenvalue weighted by molar-refractivity contribution is 9.10. The molecule has 0 aliphatic carbocycles. The summed E-state index contributed by atoms with van der Waals surface area (Å²) in [6.07, 6.45) is 3.13. The van der Waals surface area contributed by atoms with Crippen LogP contribution < -0.4 is 14.8 Å². The van der Waals surface area contributed by atoms with E-state index >= 15 is 0 Å². The molecule has 0 heterocycles. The normalized spacial score (nSPS) is 10.7. The van der Waals surface area contributed by atoms with E-state index in [1.54, 1.807) is 31.4 Å². The fourth-order valence-corrected chi connectivity index (χ4v) is 2.72. The fraction of sp³-hybridized carbons (Fsp3) is 0.167. The van der Waals surface area contributed by atoms with E-state index in [9.17, 15) is 4.79 Å². The minimum absolute atomic E-state index is 0.271. The number of carbonyl (C=O) groups is 1. The molecule has 2 rings (SSSR count). The Labute approximate surface area is 154 Å². The summed E-state index contributed by atoms with van der Waals surface area (Å²) >= 11 is 9.40. The lowest BCUT2D eigenvalue weighted by molar-refractivity contribution is -0.111. The summed E-state index contributed by atoms with van der Waals surface area (Å²) in [6, 6.07) is 10.7. The lowest BCUT2D eigenvalue weighted by atomic mass is 10.2. The number of ether oxygens (including phenoxy) is 2. The number of anilines is 1. The van der Waals surface area contributed by atoms with Crippen molar-refractivity contribution in [2.24, 2.45) is 0 Å². The Morgan fingerprint density at radius 3 is 2.71 bits per heavy atom. The molecule has 0 spiro atoms. The molecule has 0 radical (unpaired) electrons. The zero-order chi connectivity index (χ0) is 17.5. The number of benzene rings is 2. The Morgan fingerprint density at radius 1 is 1.25 bits per heavy atom. The molecular formula is C18H17BrClNO3. The number of halogens is 2. The summed E-state index contributed by atoms with van der Waals surface area (Å²) in [7, 11) is 1.58. The number of hydrogen-bond donors (Lipinski definition) is 1. The molecule has 1 amide bonds. The molecule has 0 saturated heterocycles. The van der Waals surface area contributed by atoms with Gasteiger partial charge in [-0.2, -0.15) is 0 Å². The van der Waals surface area contributed by atoms with Crippen molar-refractivity contribution < 1.29 is 14.3 Å². The smallest absolute Gasteiger partial charge is 0.248 e. The van der Waals surface area contributed by atoms with Crippen LogP contribution in [0.5, 0.6) is 11.5 Å². The van der Waals surface area contributed by atoms with Crippen LogP contribution in [0, 0.1) is 0 Å². The number of carbonyl (C=O) groups excluding carboxylic acids is 1. The molecule has 24 heavy (non-hydrogen) atoms. The Bertz CT molecular complexity index is 762. The van der Waals surface area contributed by atoms with Crippen LogP contribution in [0.1, 0.15) is 12.5 Å². The van der Waals surface area contributed by atoms with Gasteiger partial charge in [-0.25, -0.2) is 0 Å². The lowest BCUT2D eigenvalue weighted by Gasteiger charge is -2.09. The van der Waals surface area contributed by atoms with Gasteiger partial charge in [-0.05, 0) is 48.9 Å². The van der Waals surface area contributed by atoms with Gasteiger partial charge in [-0.1, -0.05) is 33.6 Å². The summed E-state index contributed by atoms with van der Waals surface area (Å²) < 4.78 is 11.6. The Balaban J connectivity index is 2.08. The van der Waals surface area contributed by atoms with Crippen LogP contribution >= 0.6 is 27.5 Å². The van der Waals surface area contributed by atoms with Gasteiger partial charge in [-0.3, -0.25) is 4.79 Å². The third kappa shape index (κ3) is 5.01. The van der Waals surface area contributed by atoms with Crippen molar-refractivity contribution in [2.45, 2.75) is 6.92 Å². The van der Waals surface area contributed by atoms with Crippen molar-refractivity contribution >= 4 is 45.2 Å². The summed E-state index contributed by atoms with van der Waals surface area (Å²) in [4.78, 5) is 12.0. The summed E-state index contributed by atoms with van der Waals surface area (Å²) in [5.41, 5.74) is 1.38. The van der Waals surface area contributed by atoms with Crippen molar-refractivity contribution in [3.8, 4) is 11.5 Å². The molecule has 0 atom stereocenters. The van der Waals surface area contributed by atoms with E-state index in [1.807, 2.05) is 25.1 Å². The number of methoxy groups -OCH3 is 1. The summed E-state index contributed by atoms with van der Waals surface area (Å²) in [6.45, 7) is 2.47. The maximum absolute atomic E-state index is 12.0. The minimum Gasteiger partial charge on any atom is -0.493 e. The second-order valence-electron chi connectivity index (χ2n) is 4.79. The fourth-order valence-electron chi connectivity index (χ4n) is 2.00. The van der Waals surface area contributed by atoms with E-state index < -0.39 is 0 Å². The molecule has 0 aliphatic rings. The molecule has 1 N–H and O–H groups in total. The van der Waals surface area contributed by atoms with Crippen LogP contribution in [0.25, 0.3) is 6.08 Å². The van der Waals surface area contributed by atoms with Crippen LogP contribution in [-0.2, 0) is 4.79 Å². The van der Waals surface area contributed by atoms with E-state index in [1.165, 1.54) is 6.08 Å². The van der Waals surface area contributed by atoms with Gasteiger partial charge in [0.25, 0.3) is 0 Å². The highest BCUT2D eigenvalue weighted by atomic mass is 79.9. The standard InChI is InChI=1S/C18H17BrClNO3/c1-3-24-16-8-4-12(10-17(16)23-2)5-9-18(22)21-15-7-6-13(19)11-14(15)20/h4-11H,3H2,1-2H3,(H,21,22)/b9-5+. The number of nitrogens with one attached hydrogen (secondary N) is 1. The van der Waals surface area contributed by atoms with E-state index in [0.29, 0.717) is 28.8 Å². The van der Waals surface area contributed by atoms with Gasteiger partial charge < -0.3 is 14.8 Å². The molecule has 0 fully saturated rings. The largest absolute Gasteiger partial charge is 0.493 e. The monoisotopic (exact) mass is 409 g/mol. The van der Waals surface area contributed by atoms with Crippen molar-refractivity contribution in [2.75, 3.05) is 19.0 Å². The molecule has 0 saturated carbocycles. The summed E-state index contributed by atoms with van der Waals surface area (Å²) in [5, 5.41) is 3.20. The van der Waals surface area contributed by atoms with Crippen molar-refractivity contribution in [3.05, 3.63) is 57.5 Å². The maximum Gasteiger partial charge on any atom is 0.248 e. The van der Waals surface area contributed by atoms with Gasteiger partial charge in [0.15, 0.2) is 11.5 Å². The summed E-state index contributed by atoms with van der Waals surface area (Å²) in [5.74, 6) is 1.02. The molecule has 6 heteroatoms. The molecule has 0 unspecified atom stereocenters. The first-order valence-electron chi connectivity index (χ1n) is 7.28. The van der Waals surface area contributed by atoms with Gasteiger partial charge >= 0.3 is 0 Å². The first-order chi connectivity index (χ1) is 11.5. The van der Waals surface area contributed by atoms with E-state index in [4.69, 9.17) is 21.1 Å². The molecule has 0 bridgehead atoms. The Kier molecular flexibility index (Phi) is 6.70. The van der Waals surface area contributed by atoms with Gasteiger partial charge in [0.2, 0.25) is 5.91 Å². The SMILES string of the molecule is CCOc1ccc(/C=C/C(=O)Nc2ccc(Br)cc2Cl)cc1OC. The predicted molar refractivity (Wildman–Crippen MR) is 101 cm³/mol. The van der Waals surface area contributed by atoms with Gasteiger partial charge in [0, 0.05) is 10.5 Å². The average Bonchev–Trinajstić information content (AvgIpc) is 2.56. The molecule has 2 aromatic rings. The van der Waals surface area contributed by atoms with Crippen LogP contribution in [0.3, 0.4) is 0 Å². The third-order valence-electron chi connectivity index (χ3n) is 3.10. The molecule has 2 aromatic carbocycles. The Morgan fingerprint density at radius 2 is 2.04 bits per heavy atom. The highest BCUT2D eigenvalue weighted by Gasteiger charge is 2.06. The highest BCUT2D eigenvalue weighted by Crippen LogP contribution is 2.29. The first-order valence-corrected chi connectivity index (χ1v) is 8.45. The van der Waals surface area contributed by atoms with Crippen LogP contribution in [0.4, 0.5) is 5.69 Å². The van der Waals surface area contributed by atoms with E-state index in [0.717, 1.165) is 10.0 Å². The van der Waals surface area contributed by atoms with Crippen molar-refractivity contribution in [1.29, 1.82) is 0 Å². The zero-order valence-electron chi connectivity index (χ0n) is 13.3. The van der Waals surface area contributed by atoms with Gasteiger partial charge in [-0.15, -0.1) is 0 Å². The third-order valence-corrected chi connectivity index (χ3v) is 3.91. The second-order valence-corrected chi connectivity index (χ2v) is 6.11. The maximum atomic E-state index is 12.0. The topological polar surface area (TPSA) is 47.6 Å². The first kappa shape index (κ1) is 18.4. The van der Waals surface area contributed by atoms with Crippen LogP contribution in [-0.4, -0.2) is 19.6 Å². The van der Waals surface area contributed by atoms with E-state index in [2.05, 4.69) is 21.2 Å².